The van der Waals surface area contributed by atoms with Crippen LogP contribution in [0.25, 0.3) is 0 Å². The summed E-state index contributed by atoms with van der Waals surface area (Å²) in [6.45, 7) is 2.85. The molecule has 31 heavy (non-hydrogen) atoms. The molecule has 0 aromatic heterocycles. The molecule has 4 atom stereocenters. The number of sulfonamides is 1. The lowest BCUT2D eigenvalue weighted by molar-refractivity contribution is -0.154. The monoisotopic (exact) mass is 450 g/mol. The van der Waals surface area contributed by atoms with Crippen molar-refractivity contribution in [3.63, 3.8) is 0 Å². The number of morpholine rings is 1. The summed E-state index contributed by atoms with van der Waals surface area (Å²) in [7, 11) is -3.66. The van der Waals surface area contributed by atoms with E-state index >= 15 is 0 Å². The van der Waals surface area contributed by atoms with Crippen LogP contribution in [0.1, 0.15) is 39.0 Å². The highest BCUT2D eigenvalue weighted by atomic mass is 32.2. The zero-order valence-corrected chi connectivity index (χ0v) is 18.6. The van der Waals surface area contributed by atoms with E-state index in [1.165, 1.54) is 42.6 Å². The number of carbonyl (C=O) groups excluding carboxylic acids is 2. The Bertz CT molecular complexity index is 928. The third-order valence-electron chi connectivity index (χ3n) is 6.70. The van der Waals surface area contributed by atoms with Crippen LogP contribution in [0.5, 0.6) is 0 Å². The fourth-order valence-electron chi connectivity index (χ4n) is 5.05. The first-order chi connectivity index (χ1) is 14.8. The molecule has 4 rings (SSSR count). The maximum Gasteiger partial charge on any atom is 0.306 e. The minimum atomic E-state index is -3.66. The van der Waals surface area contributed by atoms with Crippen molar-refractivity contribution in [3.8, 4) is 0 Å². The molecule has 9 heteroatoms. The van der Waals surface area contributed by atoms with Crippen LogP contribution in [0, 0.1) is 17.8 Å². The molecule has 1 aromatic rings. The van der Waals surface area contributed by atoms with Crippen molar-refractivity contribution in [3.05, 3.63) is 24.3 Å². The molecule has 1 amide bonds. The number of hydrogen-bond acceptors (Lipinski definition) is 6. The van der Waals surface area contributed by atoms with Crippen molar-refractivity contribution < 1.29 is 27.5 Å². The van der Waals surface area contributed by atoms with Gasteiger partial charge in [-0.1, -0.05) is 12.5 Å². The van der Waals surface area contributed by atoms with Gasteiger partial charge in [-0.2, -0.15) is 4.31 Å². The second kappa shape index (κ2) is 9.26. The van der Waals surface area contributed by atoms with E-state index in [1.807, 2.05) is 0 Å². The quantitative estimate of drug-likeness (QED) is 0.640. The first-order valence-corrected chi connectivity index (χ1v) is 12.4. The Kier molecular flexibility index (Phi) is 6.64. The highest BCUT2D eigenvalue weighted by Crippen LogP contribution is 2.49. The molecule has 0 unspecified atom stereocenters. The summed E-state index contributed by atoms with van der Waals surface area (Å²) in [5, 5.41) is 2.66. The van der Waals surface area contributed by atoms with E-state index in [9.17, 15) is 18.0 Å². The smallest absolute Gasteiger partial charge is 0.306 e. The van der Waals surface area contributed by atoms with Crippen molar-refractivity contribution in [1.82, 2.24) is 4.31 Å². The van der Waals surface area contributed by atoms with Crippen molar-refractivity contribution in [2.24, 2.45) is 17.8 Å². The van der Waals surface area contributed by atoms with Crippen LogP contribution in [0.15, 0.2) is 29.2 Å². The van der Waals surface area contributed by atoms with Crippen molar-refractivity contribution in [2.45, 2.75) is 50.0 Å². The number of nitrogens with one attached hydrogen (secondary N) is 1. The van der Waals surface area contributed by atoms with E-state index in [1.54, 1.807) is 12.1 Å². The molecule has 1 saturated heterocycles. The molecule has 0 radical (unpaired) electrons. The second-order valence-electron chi connectivity index (χ2n) is 8.80. The Balaban J connectivity index is 1.32. The van der Waals surface area contributed by atoms with Gasteiger partial charge in [-0.05, 0) is 62.1 Å². The highest BCUT2D eigenvalue weighted by Gasteiger charge is 2.40. The number of amides is 1. The van der Waals surface area contributed by atoms with Crippen molar-refractivity contribution in [2.75, 3.05) is 31.6 Å². The Morgan fingerprint density at radius 3 is 2.68 bits per heavy atom. The fourth-order valence-corrected chi connectivity index (χ4v) is 6.51. The average Bonchev–Trinajstić information content (AvgIpc) is 3.37. The Morgan fingerprint density at radius 2 is 2.00 bits per heavy atom. The standard InChI is InChI=1S/C22H30N2O6S/c1-15(30-21(25)13-18-12-16-5-6-17(18)11-16)22(26)23-19-3-2-4-20(14-19)31(27,28)24-7-9-29-10-8-24/h2-4,14-18H,5-13H2,1H3,(H,23,26)/t15-,16+,17+,18-/m1/s1. The van der Waals surface area contributed by atoms with E-state index in [0.717, 1.165) is 12.3 Å². The number of anilines is 1. The predicted molar refractivity (Wildman–Crippen MR) is 114 cm³/mol. The third-order valence-corrected chi connectivity index (χ3v) is 8.59. The lowest BCUT2D eigenvalue weighted by Crippen LogP contribution is -2.40. The lowest BCUT2D eigenvalue weighted by atomic mass is 9.86. The SMILES string of the molecule is C[C@@H](OC(=O)C[C@H]1C[C@H]2CC[C@H]1C2)C(=O)Nc1cccc(S(=O)(=O)N2CCOCC2)c1. The summed E-state index contributed by atoms with van der Waals surface area (Å²) in [4.78, 5) is 24.9. The predicted octanol–water partition coefficient (Wildman–Crippen LogP) is 2.40. The molecular formula is C22H30N2O6S. The number of hydrogen-bond donors (Lipinski definition) is 1. The molecule has 3 aliphatic rings. The van der Waals surface area contributed by atoms with Gasteiger partial charge in [0, 0.05) is 25.2 Å². The number of nitrogens with zero attached hydrogens (tertiary/aromatic N) is 1. The molecule has 2 aliphatic carbocycles. The van der Waals surface area contributed by atoms with Crippen LogP contribution in [0.2, 0.25) is 0 Å². The molecule has 1 heterocycles. The summed E-state index contributed by atoms with van der Waals surface area (Å²) >= 11 is 0. The molecule has 1 N–H and O–H groups in total. The zero-order valence-electron chi connectivity index (χ0n) is 17.8. The van der Waals surface area contributed by atoms with Crippen LogP contribution in [0.4, 0.5) is 5.69 Å². The largest absolute Gasteiger partial charge is 0.453 e. The molecule has 170 valence electrons. The first kappa shape index (κ1) is 22.2. The van der Waals surface area contributed by atoms with Crippen LogP contribution >= 0.6 is 0 Å². The molecule has 2 bridgehead atoms. The van der Waals surface area contributed by atoms with E-state index < -0.39 is 22.0 Å². The average molecular weight is 451 g/mol. The Morgan fingerprint density at radius 1 is 1.23 bits per heavy atom. The normalized spacial score (nSPS) is 27.1. The fraction of sp³-hybridized carbons (Fsp3) is 0.636. The minimum Gasteiger partial charge on any atom is -0.453 e. The zero-order chi connectivity index (χ0) is 22.0. The number of ether oxygens (including phenoxy) is 2. The van der Waals surface area contributed by atoms with Crippen LogP contribution < -0.4 is 5.32 Å². The summed E-state index contributed by atoms with van der Waals surface area (Å²) in [6.07, 6.45) is 4.19. The van der Waals surface area contributed by atoms with Crippen LogP contribution in [-0.2, 0) is 29.1 Å². The summed E-state index contributed by atoms with van der Waals surface area (Å²) < 4.78 is 37.6. The maximum atomic E-state index is 12.8. The van der Waals surface area contributed by atoms with Gasteiger partial charge in [-0.15, -0.1) is 0 Å². The van der Waals surface area contributed by atoms with Crippen LogP contribution in [0.3, 0.4) is 0 Å². The van der Waals surface area contributed by atoms with Gasteiger partial charge >= 0.3 is 5.97 Å². The Hall–Kier alpha value is -1.97. The number of rotatable bonds is 7. The highest BCUT2D eigenvalue weighted by molar-refractivity contribution is 7.89. The van der Waals surface area contributed by atoms with Gasteiger partial charge in [0.25, 0.3) is 5.91 Å². The summed E-state index contributed by atoms with van der Waals surface area (Å²) in [5.74, 6) is 0.928. The lowest BCUT2D eigenvalue weighted by Gasteiger charge is -2.26. The number of benzene rings is 1. The second-order valence-corrected chi connectivity index (χ2v) is 10.7. The first-order valence-electron chi connectivity index (χ1n) is 11.0. The van der Waals surface area contributed by atoms with Gasteiger partial charge in [0.2, 0.25) is 10.0 Å². The molecule has 2 saturated carbocycles. The van der Waals surface area contributed by atoms with Gasteiger partial charge in [0.15, 0.2) is 6.10 Å². The molecule has 8 nitrogen and oxygen atoms in total. The van der Waals surface area contributed by atoms with E-state index in [4.69, 9.17) is 9.47 Å². The Labute approximate surface area is 183 Å². The van der Waals surface area contributed by atoms with Gasteiger partial charge in [-0.3, -0.25) is 9.59 Å². The summed E-state index contributed by atoms with van der Waals surface area (Å²) in [6, 6.07) is 6.11. The molecule has 3 fully saturated rings. The van der Waals surface area contributed by atoms with E-state index in [2.05, 4.69) is 5.32 Å². The van der Waals surface area contributed by atoms with E-state index in [-0.39, 0.29) is 10.9 Å². The van der Waals surface area contributed by atoms with E-state index in [0.29, 0.717) is 50.2 Å². The van der Waals surface area contributed by atoms with Gasteiger partial charge in [0.05, 0.1) is 18.1 Å². The topological polar surface area (TPSA) is 102 Å². The maximum absolute atomic E-state index is 12.8. The molecule has 1 aromatic carbocycles. The van der Waals surface area contributed by atoms with Crippen molar-refractivity contribution >= 4 is 27.6 Å². The molecule has 0 spiro atoms. The van der Waals surface area contributed by atoms with Gasteiger partial charge in [-0.25, -0.2) is 8.42 Å². The van der Waals surface area contributed by atoms with Crippen molar-refractivity contribution in [1.29, 1.82) is 0 Å². The van der Waals surface area contributed by atoms with Gasteiger partial charge < -0.3 is 14.8 Å². The number of carbonyl (C=O) groups is 2. The minimum absolute atomic E-state index is 0.105. The van der Waals surface area contributed by atoms with Gasteiger partial charge in [0.1, 0.15) is 0 Å². The molecule has 1 aliphatic heterocycles. The molecular weight excluding hydrogens is 420 g/mol. The third kappa shape index (κ3) is 5.10. The number of fused-ring (bicyclic) bond motifs is 2. The number of esters is 1. The summed E-state index contributed by atoms with van der Waals surface area (Å²) in [5.41, 5.74) is 0.343. The van der Waals surface area contributed by atoms with Crippen LogP contribution in [-0.4, -0.2) is 57.0 Å².